The summed E-state index contributed by atoms with van der Waals surface area (Å²) < 4.78 is 5.47. The number of carbonyl (C=O) groups is 1. The fourth-order valence-electron chi connectivity index (χ4n) is 3.63. The van der Waals surface area contributed by atoms with Crippen LogP contribution in [0.2, 0.25) is 0 Å². The molecule has 0 aromatic heterocycles. The Hall–Kier alpha value is -2.28. The molecule has 24 heavy (non-hydrogen) atoms. The maximum atomic E-state index is 12.2. The summed E-state index contributed by atoms with van der Waals surface area (Å²) in [5, 5.41) is 9.52. The van der Waals surface area contributed by atoms with E-state index in [-0.39, 0.29) is 11.5 Å². The number of piperidine rings is 1. The lowest BCUT2D eigenvalue weighted by Crippen LogP contribution is -2.45. The highest BCUT2D eigenvalue weighted by Gasteiger charge is 2.38. The Bertz CT molecular complexity index is 714. The van der Waals surface area contributed by atoms with E-state index in [0.29, 0.717) is 13.1 Å². The van der Waals surface area contributed by atoms with Gasteiger partial charge in [-0.3, -0.25) is 0 Å². The van der Waals surface area contributed by atoms with Crippen LogP contribution in [0.15, 0.2) is 30.3 Å². The van der Waals surface area contributed by atoms with Crippen molar-refractivity contribution in [1.82, 2.24) is 4.90 Å². The van der Waals surface area contributed by atoms with Crippen LogP contribution in [0.25, 0.3) is 5.57 Å². The molecule has 0 bridgehead atoms. The summed E-state index contributed by atoms with van der Waals surface area (Å²) in [6.45, 7) is 7.00. The molecule has 1 heterocycles. The molecule has 1 saturated heterocycles. The molecule has 1 aromatic carbocycles. The quantitative estimate of drug-likeness (QED) is 0.720. The van der Waals surface area contributed by atoms with Gasteiger partial charge in [0.05, 0.1) is 11.6 Å². The monoisotopic (exact) mass is 324 g/mol. The Morgan fingerprint density at radius 3 is 2.54 bits per heavy atom. The molecule has 1 aromatic rings. The molecule has 1 aliphatic carbocycles. The van der Waals surface area contributed by atoms with Gasteiger partial charge in [-0.25, -0.2) is 4.79 Å². The van der Waals surface area contributed by atoms with Gasteiger partial charge in [-0.2, -0.15) is 5.26 Å². The molecule has 1 amide bonds. The average Bonchev–Trinajstić information content (AvgIpc) is 2.53. The number of carbonyl (C=O) groups excluding carboxylic acids is 1. The predicted octanol–water partition coefficient (Wildman–Crippen LogP) is 4.17. The van der Waals surface area contributed by atoms with E-state index in [1.165, 1.54) is 5.56 Å². The van der Waals surface area contributed by atoms with E-state index >= 15 is 0 Å². The first kappa shape index (κ1) is 16.6. The second-order valence-electron chi connectivity index (χ2n) is 7.83. The van der Waals surface area contributed by atoms with Crippen LogP contribution >= 0.6 is 0 Å². The van der Waals surface area contributed by atoms with E-state index in [1.54, 1.807) is 4.90 Å². The Kier molecular flexibility index (Phi) is 4.13. The smallest absolute Gasteiger partial charge is 0.410 e. The van der Waals surface area contributed by atoms with Crippen LogP contribution in [0, 0.1) is 16.7 Å². The fraction of sp³-hybridized carbons (Fsp3) is 0.500. The van der Waals surface area contributed by atoms with E-state index in [9.17, 15) is 10.1 Å². The van der Waals surface area contributed by atoms with Crippen LogP contribution in [-0.2, 0) is 11.2 Å². The third-order valence-corrected chi connectivity index (χ3v) is 4.83. The summed E-state index contributed by atoms with van der Waals surface area (Å²) in [6.07, 6.45) is 4.58. The molecule has 2 aliphatic rings. The lowest BCUT2D eigenvalue weighted by atomic mass is 9.68. The molecule has 4 heteroatoms. The summed E-state index contributed by atoms with van der Waals surface area (Å²) in [5.41, 5.74) is 2.58. The van der Waals surface area contributed by atoms with Crippen molar-refractivity contribution in [1.29, 1.82) is 5.26 Å². The number of nitrogens with zero attached hydrogens (tertiary/aromatic N) is 2. The van der Waals surface area contributed by atoms with Gasteiger partial charge in [0.1, 0.15) is 5.60 Å². The minimum Gasteiger partial charge on any atom is -0.444 e. The number of rotatable bonds is 0. The van der Waals surface area contributed by atoms with Gasteiger partial charge >= 0.3 is 6.09 Å². The van der Waals surface area contributed by atoms with Crippen molar-refractivity contribution >= 4 is 11.7 Å². The third kappa shape index (κ3) is 3.31. The summed E-state index contributed by atoms with van der Waals surface area (Å²) in [6, 6.07) is 10.5. The molecular formula is C20H24N2O2. The SMILES string of the molecule is CC(C)(C)OC(=O)N1CCC2(C=C(C#N)c3ccccc3C2)CC1. The number of hydrogen-bond acceptors (Lipinski definition) is 3. The highest BCUT2D eigenvalue weighted by atomic mass is 16.6. The maximum Gasteiger partial charge on any atom is 0.410 e. The molecule has 1 spiro atoms. The van der Waals surface area contributed by atoms with E-state index in [0.717, 1.165) is 30.4 Å². The van der Waals surface area contributed by atoms with E-state index < -0.39 is 5.60 Å². The predicted molar refractivity (Wildman–Crippen MR) is 93.2 cm³/mol. The molecule has 126 valence electrons. The number of benzene rings is 1. The number of amides is 1. The standard InChI is InChI=1S/C20H24N2O2/c1-19(2,3)24-18(23)22-10-8-20(9-11-22)12-15-6-4-5-7-17(15)16(13-20)14-21/h4-7,13H,8-12H2,1-3H3. The van der Waals surface area contributed by atoms with Gasteiger partial charge in [-0.15, -0.1) is 0 Å². The van der Waals surface area contributed by atoms with Crippen molar-refractivity contribution in [2.24, 2.45) is 5.41 Å². The summed E-state index contributed by atoms with van der Waals surface area (Å²) in [7, 11) is 0. The summed E-state index contributed by atoms with van der Waals surface area (Å²) in [5.74, 6) is 0. The van der Waals surface area contributed by atoms with Crippen LogP contribution in [0.5, 0.6) is 0 Å². The van der Waals surface area contributed by atoms with Gasteiger partial charge in [0.25, 0.3) is 0 Å². The number of likely N-dealkylation sites (tertiary alicyclic amines) is 1. The molecule has 1 aliphatic heterocycles. The Labute approximate surface area is 143 Å². The Balaban J connectivity index is 1.75. The zero-order chi connectivity index (χ0) is 17.4. The van der Waals surface area contributed by atoms with Crippen LogP contribution in [0.4, 0.5) is 4.79 Å². The maximum absolute atomic E-state index is 12.2. The number of ether oxygens (including phenoxy) is 1. The minimum atomic E-state index is -0.468. The number of hydrogen-bond donors (Lipinski definition) is 0. The second-order valence-corrected chi connectivity index (χ2v) is 7.83. The number of allylic oxidation sites excluding steroid dienone is 2. The molecule has 1 fully saturated rings. The van der Waals surface area contributed by atoms with Gasteiger partial charge in [-0.1, -0.05) is 30.3 Å². The van der Waals surface area contributed by atoms with Gasteiger partial charge in [0.2, 0.25) is 0 Å². The third-order valence-electron chi connectivity index (χ3n) is 4.83. The van der Waals surface area contributed by atoms with Crippen LogP contribution in [0.1, 0.15) is 44.7 Å². The van der Waals surface area contributed by atoms with Crippen molar-refractivity contribution in [3.63, 3.8) is 0 Å². The first-order valence-electron chi connectivity index (χ1n) is 8.51. The largest absolute Gasteiger partial charge is 0.444 e. The van der Waals surface area contributed by atoms with Crippen molar-refractivity contribution in [2.75, 3.05) is 13.1 Å². The lowest BCUT2D eigenvalue weighted by molar-refractivity contribution is 0.0143. The molecule has 0 radical (unpaired) electrons. The molecule has 4 nitrogen and oxygen atoms in total. The van der Waals surface area contributed by atoms with Crippen LogP contribution < -0.4 is 0 Å². The first-order valence-corrected chi connectivity index (χ1v) is 8.51. The second kappa shape index (κ2) is 5.98. The normalized spacial score (nSPS) is 19.2. The van der Waals surface area contributed by atoms with Gasteiger partial charge in [-0.05, 0) is 56.6 Å². The number of nitriles is 1. The van der Waals surface area contributed by atoms with E-state index in [2.05, 4.69) is 18.2 Å². The van der Waals surface area contributed by atoms with Crippen molar-refractivity contribution in [3.8, 4) is 6.07 Å². The minimum absolute atomic E-state index is 0.0159. The fourth-order valence-corrected chi connectivity index (χ4v) is 3.63. The zero-order valence-corrected chi connectivity index (χ0v) is 14.6. The highest BCUT2D eigenvalue weighted by molar-refractivity contribution is 5.80. The lowest BCUT2D eigenvalue weighted by Gasteiger charge is -2.42. The van der Waals surface area contributed by atoms with Crippen molar-refractivity contribution in [2.45, 2.75) is 45.6 Å². The first-order chi connectivity index (χ1) is 11.3. The van der Waals surface area contributed by atoms with Gasteiger partial charge in [0.15, 0.2) is 0 Å². The zero-order valence-electron chi connectivity index (χ0n) is 14.6. The molecule has 0 N–H and O–H groups in total. The molecule has 0 unspecified atom stereocenters. The molecule has 0 saturated carbocycles. The van der Waals surface area contributed by atoms with Gasteiger partial charge in [0, 0.05) is 13.1 Å². The summed E-state index contributed by atoms with van der Waals surface area (Å²) >= 11 is 0. The molecular weight excluding hydrogens is 300 g/mol. The van der Waals surface area contributed by atoms with E-state index in [1.807, 2.05) is 39.0 Å². The van der Waals surface area contributed by atoms with Crippen LogP contribution in [0.3, 0.4) is 0 Å². The average molecular weight is 324 g/mol. The summed E-state index contributed by atoms with van der Waals surface area (Å²) in [4.78, 5) is 14.0. The Morgan fingerprint density at radius 1 is 1.25 bits per heavy atom. The topological polar surface area (TPSA) is 53.3 Å². The van der Waals surface area contributed by atoms with Crippen LogP contribution in [-0.4, -0.2) is 29.7 Å². The van der Waals surface area contributed by atoms with Gasteiger partial charge < -0.3 is 9.64 Å². The van der Waals surface area contributed by atoms with E-state index in [4.69, 9.17) is 4.74 Å². The Morgan fingerprint density at radius 2 is 1.92 bits per heavy atom. The number of fused-ring (bicyclic) bond motifs is 1. The molecule has 3 rings (SSSR count). The van der Waals surface area contributed by atoms with Crippen molar-refractivity contribution < 1.29 is 9.53 Å². The van der Waals surface area contributed by atoms with Crippen molar-refractivity contribution in [3.05, 3.63) is 41.5 Å². The molecule has 0 atom stereocenters. The highest BCUT2D eigenvalue weighted by Crippen LogP contribution is 2.43.